The molecule has 0 aliphatic carbocycles. The van der Waals surface area contributed by atoms with Gasteiger partial charge in [0.1, 0.15) is 11.1 Å². The summed E-state index contributed by atoms with van der Waals surface area (Å²) in [5.74, 6) is 0.596. The summed E-state index contributed by atoms with van der Waals surface area (Å²) in [6.07, 6.45) is 1.89. The predicted octanol–water partition coefficient (Wildman–Crippen LogP) is 1.41. The second-order valence-electron chi connectivity index (χ2n) is 3.10. The first-order valence-electron chi connectivity index (χ1n) is 4.83. The zero-order chi connectivity index (χ0) is 11.3. The third kappa shape index (κ3) is 3.54. The first-order chi connectivity index (χ1) is 7.17. The van der Waals surface area contributed by atoms with Gasteiger partial charge in [0.2, 0.25) is 5.16 Å². The minimum Gasteiger partial charge on any atom is -0.468 e. The van der Waals surface area contributed by atoms with E-state index in [0.717, 1.165) is 18.7 Å². The Balaban J connectivity index is 2.53. The number of ether oxygens (including phenoxy) is 1. The van der Waals surface area contributed by atoms with E-state index < -0.39 is 0 Å². The number of aromatic nitrogens is 3. The minimum absolute atomic E-state index is 0.262. The highest BCUT2D eigenvalue weighted by Gasteiger charge is 2.16. The quantitative estimate of drug-likeness (QED) is 0.610. The monoisotopic (exact) mass is 229 g/mol. The smallest absolute Gasteiger partial charge is 0.318 e. The molecule has 0 spiro atoms. The van der Waals surface area contributed by atoms with Crippen LogP contribution in [0.15, 0.2) is 5.16 Å². The summed E-state index contributed by atoms with van der Waals surface area (Å²) < 4.78 is 4.61. The van der Waals surface area contributed by atoms with Crippen LogP contribution in [0.4, 0.5) is 0 Å². The number of H-pyrrole nitrogens is 1. The Hall–Kier alpha value is -1.04. The molecule has 0 saturated carbocycles. The number of hydrogen-bond acceptors (Lipinski definition) is 5. The molecule has 0 unspecified atom stereocenters. The molecule has 0 aliphatic heterocycles. The van der Waals surface area contributed by atoms with E-state index in [9.17, 15) is 4.79 Å². The van der Waals surface area contributed by atoms with Gasteiger partial charge in [-0.1, -0.05) is 18.7 Å². The summed E-state index contributed by atoms with van der Waals surface area (Å²) in [6, 6.07) is 0. The number of carbonyl (C=O) groups excluding carboxylic acids is 1. The van der Waals surface area contributed by atoms with Crippen LogP contribution in [-0.4, -0.2) is 33.5 Å². The van der Waals surface area contributed by atoms with E-state index >= 15 is 0 Å². The molecule has 15 heavy (non-hydrogen) atoms. The predicted molar refractivity (Wildman–Crippen MR) is 57.7 cm³/mol. The summed E-state index contributed by atoms with van der Waals surface area (Å²) in [4.78, 5) is 15.4. The number of nitrogens with one attached hydrogen (secondary N) is 1. The Bertz CT molecular complexity index is 327. The van der Waals surface area contributed by atoms with Crippen LogP contribution in [0.2, 0.25) is 0 Å². The lowest BCUT2D eigenvalue weighted by Gasteiger charge is -2.04. The summed E-state index contributed by atoms with van der Waals surface area (Å²) in [6.45, 7) is 3.85. The van der Waals surface area contributed by atoms with E-state index in [1.54, 1.807) is 6.92 Å². The maximum atomic E-state index is 11.1. The largest absolute Gasteiger partial charge is 0.468 e. The molecular weight excluding hydrogens is 214 g/mol. The fourth-order valence-electron chi connectivity index (χ4n) is 1.05. The Kier molecular flexibility index (Phi) is 4.61. The van der Waals surface area contributed by atoms with Crippen LogP contribution in [-0.2, 0) is 16.0 Å². The van der Waals surface area contributed by atoms with Crippen LogP contribution in [0, 0.1) is 0 Å². The zero-order valence-electron chi connectivity index (χ0n) is 9.11. The number of carbonyl (C=O) groups is 1. The van der Waals surface area contributed by atoms with E-state index in [2.05, 4.69) is 26.8 Å². The molecule has 0 radical (unpaired) electrons. The van der Waals surface area contributed by atoms with Gasteiger partial charge in [0, 0.05) is 6.42 Å². The zero-order valence-corrected chi connectivity index (χ0v) is 9.93. The molecular formula is C9H15N3O2S. The van der Waals surface area contributed by atoms with Crippen molar-refractivity contribution in [3.63, 3.8) is 0 Å². The van der Waals surface area contributed by atoms with Crippen LogP contribution in [0.5, 0.6) is 0 Å². The van der Waals surface area contributed by atoms with E-state index in [1.165, 1.54) is 18.9 Å². The molecule has 5 nitrogen and oxygen atoms in total. The number of aromatic amines is 1. The van der Waals surface area contributed by atoms with Gasteiger partial charge in [-0.05, 0) is 13.3 Å². The van der Waals surface area contributed by atoms with Crippen molar-refractivity contribution in [1.29, 1.82) is 0 Å². The van der Waals surface area contributed by atoms with E-state index in [4.69, 9.17) is 0 Å². The van der Waals surface area contributed by atoms with Gasteiger partial charge in [-0.3, -0.25) is 9.89 Å². The van der Waals surface area contributed by atoms with Crippen molar-refractivity contribution in [2.75, 3.05) is 7.11 Å². The summed E-state index contributed by atoms with van der Waals surface area (Å²) >= 11 is 1.29. The topological polar surface area (TPSA) is 67.9 Å². The molecule has 0 fully saturated rings. The molecule has 0 bridgehead atoms. The third-order valence-electron chi connectivity index (χ3n) is 1.81. The normalized spacial score (nSPS) is 12.5. The van der Waals surface area contributed by atoms with Crippen molar-refractivity contribution in [3.8, 4) is 0 Å². The van der Waals surface area contributed by atoms with Gasteiger partial charge >= 0.3 is 5.97 Å². The van der Waals surface area contributed by atoms with E-state index in [1.807, 2.05) is 0 Å². The molecule has 1 heterocycles. The van der Waals surface area contributed by atoms with Gasteiger partial charge in [0.05, 0.1) is 7.11 Å². The summed E-state index contributed by atoms with van der Waals surface area (Å²) in [7, 11) is 1.37. The first kappa shape index (κ1) is 12.0. The Morgan fingerprint density at radius 1 is 1.67 bits per heavy atom. The molecule has 0 saturated heterocycles. The number of rotatable bonds is 5. The molecule has 0 aromatic carbocycles. The van der Waals surface area contributed by atoms with Crippen LogP contribution in [0.25, 0.3) is 0 Å². The number of aryl methyl sites for hydroxylation is 1. The molecule has 84 valence electrons. The van der Waals surface area contributed by atoms with Crippen molar-refractivity contribution in [3.05, 3.63) is 5.82 Å². The number of thioether (sulfide) groups is 1. The Morgan fingerprint density at radius 3 is 3.00 bits per heavy atom. The Labute approximate surface area is 93.0 Å². The van der Waals surface area contributed by atoms with Crippen LogP contribution >= 0.6 is 11.8 Å². The third-order valence-corrected chi connectivity index (χ3v) is 2.75. The number of hydrogen-bond donors (Lipinski definition) is 1. The lowest BCUT2D eigenvalue weighted by atomic mass is 10.3. The van der Waals surface area contributed by atoms with Gasteiger partial charge in [-0.15, -0.1) is 5.10 Å². The van der Waals surface area contributed by atoms with E-state index in [0.29, 0.717) is 5.16 Å². The highest BCUT2D eigenvalue weighted by molar-refractivity contribution is 8.00. The van der Waals surface area contributed by atoms with Gasteiger partial charge in [-0.25, -0.2) is 4.98 Å². The van der Waals surface area contributed by atoms with Crippen molar-refractivity contribution in [2.24, 2.45) is 0 Å². The fraction of sp³-hybridized carbons (Fsp3) is 0.667. The van der Waals surface area contributed by atoms with E-state index in [-0.39, 0.29) is 11.2 Å². The molecule has 0 aliphatic rings. The van der Waals surface area contributed by atoms with Crippen molar-refractivity contribution in [2.45, 2.75) is 37.1 Å². The summed E-state index contributed by atoms with van der Waals surface area (Å²) in [5.41, 5.74) is 0. The van der Waals surface area contributed by atoms with Gasteiger partial charge < -0.3 is 4.74 Å². The minimum atomic E-state index is -0.278. The van der Waals surface area contributed by atoms with Crippen LogP contribution in [0.3, 0.4) is 0 Å². The lowest BCUT2D eigenvalue weighted by molar-refractivity contribution is -0.139. The highest BCUT2D eigenvalue weighted by atomic mass is 32.2. The lowest BCUT2D eigenvalue weighted by Crippen LogP contribution is -2.14. The second kappa shape index (κ2) is 5.75. The van der Waals surface area contributed by atoms with Gasteiger partial charge in [0.25, 0.3) is 0 Å². The average molecular weight is 229 g/mol. The second-order valence-corrected chi connectivity index (χ2v) is 4.41. The molecule has 1 aromatic heterocycles. The number of esters is 1. The number of nitrogens with zero attached hydrogens (tertiary/aromatic N) is 2. The standard InChI is InChI=1S/C9H15N3O2S/c1-4-5-7-10-9(12-11-7)15-6(2)8(13)14-3/h6H,4-5H2,1-3H3,(H,10,11,12)/t6-/m1/s1. The molecule has 1 atom stereocenters. The molecule has 0 amide bonds. The van der Waals surface area contributed by atoms with Gasteiger partial charge in [-0.2, -0.15) is 0 Å². The maximum Gasteiger partial charge on any atom is 0.318 e. The van der Waals surface area contributed by atoms with Crippen molar-refractivity contribution >= 4 is 17.7 Å². The van der Waals surface area contributed by atoms with Gasteiger partial charge in [0.15, 0.2) is 0 Å². The molecule has 1 aromatic rings. The molecule has 1 rings (SSSR count). The first-order valence-corrected chi connectivity index (χ1v) is 5.71. The SMILES string of the molecule is CCCc1nc(S[C@H](C)C(=O)OC)n[nH]1. The number of methoxy groups -OCH3 is 1. The van der Waals surface area contributed by atoms with Crippen molar-refractivity contribution < 1.29 is 9.53 Å². The summed E-state index contributed by atoms with van der Waals surface area (Å²) in [5, 5.41) is 7.16. The Morgan fingerprint density at radius 2 is 2.40 bits per heavy atom. The molecule has 1 N–H and O–H groups in total. The highest BCUT2D eigenvalue weighted by Crippen LogP contribution is 2.19. The molecule has 6 heteroatoms. The maximum absolute atomic E-state index is 11.1. The van der Waals surface area contributed by atoms with Crippen LogP contribution in [0.1, 0.15) is 26.1 Å². The van der Waals surface area contributed by atoms with Crippen molar-refractivity contribution in [1.82, 2.24) is 15.2 Å². The van der Waals surface area contributed by atoms with Crippen LogP contribution < -0.4 is 0 Å². The average Bonchev–Trinajstić information content (AvgIpc) is 2.65. The fourth-order valence-corrected chi connectivity index (χ4v) is 1.82.